The molecule has 0 aliphatic rings. The Morgan fingerprint density at radius 2 is 2.31 bits per heavy atom. The number of hydrogen-bond donors (Lipinski definition) is 2. The van der Waals surface area contributed by atoms with Gasteiger partial charge in [0, 0.05) is 14.1 Å². The molecule has 0 radical (unpaired) electrons. The van der Waals surface area contributed by atoms with E-state index >= 15 is 0 Å². The van der Waals surface area contributed by atoms with Gasteiger partial charge >= 0.3 is 0 Å². The predicted molar refractivity (Wildman–Crippen MR) is 56.9 cm³/mol. The molecule has 0 spiro atoms. The van der Waals surface area contributed by atoms with Crippen LogP contribution in [0.5, 0.6) is 0 Å². The fourth-order valence-corrected chi connectivity index (χ4v) is 2.10. The number of nitrogens with zero attached hydrogens (tertiary/aromatic N) is 3. The third-order valence-corrected chi connectivity index (χ3v) is 3.40. The number of hydrogen-bond acceptors (Lipinski definition) is 6. The number of rotatable bonds is 4. The van der Waals surface area contributed by atoms with E-state index in [-0.39, 0.29) is 5.84 Å². The lowest BCUT2D eigenvalue weighted by molar-refractivity contribution is 0.973. The third kappa shape index (κ3) is 3.19. The Bertz CT molecular complexity index is 295. The lowest BCUT2D eigenvalue weighted by Crippen LogP contribution is -2.11. The predicted octanol–water partition coefficient (Wildman–Crippen LogP) is 0.632. The first kappa shape index (κ1) is 10.3. The van der Waals surface area contributed by atoms with E-state index in [9.17, 15) is 0 Å². The van der Waals surface area contributed by atoms with Crippen LogP contribution in [0.1, 0.15) is 0 Å². The minimum absolute atomic E-state index is 0.159. The Kier molecular flexibility index (Phi) is 3.49. The van der Waals surface area contributed by atoms with Crippen molar-refractivity contribution in [1.29, 1.82) is 5.41 Å². The summed E-state index contributed by atoms with van der Waals surface area (Å²) < 4.78 is 0.846. The summed E-state index contributed by atoms with van der Waals surface area (Å²) in [6.45, 7) is 0. The molecule has 0 fully saturated rings. The van der Waals surface area contributed by atoms with Crippen LogP contribution in [-0.2, 0) is 0 Å². The molecular formula is C6H11N5S2. The van der Waals surface area contributed by atoms with Crippen LogP contribution in [0, 0.1) is 5.41 Å². The molecule has 1 heterocycles. The Morgan fingerprint density at radius 3 is 2.77 bits per heavy atom. The number of nitrogens with one attached hydrogen (secondary N) is 1. The first-order chi connectivity index (χ1) is 6.09. The molecule has 0 saturated heterocycles. The third-order valence-electron chi connectivity index (χ3n) is 1.13. The molecule has 0 saturated carbocycles. The summed E-state index contributed by atoms with van der Waals surface area (Å²) in [5, 5.41) is 15.8. The van der Waals surface area contributed by atoms with Crippen molar-refractivity contribution in [3.8, 4) is 0 Å². The highest BCUT2D eigenvalue weighted by molar-refractivity contribution is 8.01. The maximum Gasteiger partial charge on any atom is 0.208 e. The van der Waals surface area contributed by atoms with Gasteiger partial charge in [-0.3, -0.25) is 5.41 Å². The second-order valence-corrected chi connectivity index (χ2v) is 4.74. The first-order valence-electron chi connectivity index (χ1n) is 3.56. The minimum atomic E-state index is 0.159. The monoisotopic (exact) mass is 217 g/mol. The largest absolute Gasteiger partial charge is 0.387 e. The van der Waals surface area contributed by atoms with Gasteiger partial charge in [0.1, 0.15) is 5.84 Å². The summed E-state index contributed by atoms with van der Waals surface area (Å²) in [6.07, 6.45) is 0. The highest BCUT2D eigenvalue weighted by Gasteiger charge is 2.05. The molecule has 0 aromatic carbocycles. The average Bonchev–Trinajstić information content (AvgIpc) is 2.48. The molecule has 1 rings (SSSR count). The van der Waals surface area contributed by atoms with Crippen molar-refractivity contribution in [2.75, 3.05) is 24.7 Å². The lowest BCUT2D eigenvalue weighted by atomic mass is 10.7. The van der Waals surface area contributed by atoms with E-state index in [4.69, 9.17) is 11.1 Å². The average molecular weight is 217 g/mol. The number of anilines is 1. The van der Waals surface area contributed by atoms with Crippen molar-refractivity contribution in [2.45, 2.75) is 4.34 Å². The Morgan fingerprint density at radius 1 is 1.62 bits per heavy atom. The Hall–Kier alpha value is -0.820. The second kappa shape index (κ2) is 4.43. The van der Waals surface area contributed by atoms with Gasteiger partial charge in [-0.05, 0) is 0 Å². The smallest absolute Gasteiger partial charge is 0.208 e. The molecule has 72 valence electrons. The fourth-order valence-electron chi connectivity index (χ4n) is 0.581. The summed E-state index contributed by atoms with van der Waals surface area (Å²) in [5.74, 6) is 0.633. The van der Waals surface area contributed by atoms with E-state index in [0.29, 0.717) is 5.75 Å². The van der Waals surface area contributed by atoms with Crippen LogP contribution in [0.2, 0.25) is 0 Å². The molecule has 0 amide bonds. The summed E-state index contributed by atoms with van der Waals surface area (Å²) >= 11 is 2.93. The van der Waals surface area contributed by atoms with Crippen LogP contribution in [0.4, 0.5) is 5.13 Å². The molecule has 0 atom stereocenters. The van der Waals surface area contributed by atoms with Crippen LogP contribution in [0.15, 0.2) is 4.34 Å². The molecule has 0 unspecified atom stereocenters. The van der Waals surface area contributed by atoms with Gasteiger partial charge in [-0.15, -0.1) is 10.2 Å². The lowest BCUT2D eigenvalue weighted by Gasteiger charge is -2.03. The summed E-state index contributed by atoms with van der Waals surface area (Å²) in [4.78, 5) is 1.90. The first-order valence-corrected chi connectivity index (χ1v) is 5.36. The van der Waals surface area contributed by atoms with Crippen molar-refractivity contribution in [3.63, 3.8) is 0 Å². The SMILES string of the molecule is CN(C)c1nnc(SCC(=N)N)s1. The van der Waals surface area contributed by atoms with Gasteiger partial charge in [0.15, 0.2) is 4.34 Å². The molecule has 13 heavy (non-hydrogen) atoms. The molecule has 1 aromatic heterocycles. The Balaban J connectivity index is 2.54. The molecule has 0 aliphatic heterocycles. The number of amidine groups is 1. The van der Waals surface area contributed by atoms with Gasteiger partial charge in [0.25, 0.3) is 0 Å². The Labute approximate surface area is 84.8 Å². The topological polar surface area (TPSA) is 78.9 Å². The standard InChI is InChI=1S/C6H11N5S2/c1-11(2)5-9-10-6(13-5)12-3-4(7)8/h3H2,1-2H3,(H3,7,8). The van der Waals surface area contributed by atoms with Gasteiger partial charge < -0.3 is 10.6 Å². The van der Waals surface area contributed by atoms with Crippen molar-refractivity contribution in [3.05, 3.63) is 0 Å². The van der Waals surface area contributed by atoms with Gasteiger partial charge in [-0.25, -0.2) is 0 Å². The zero-order chi connectivity index (χ0) is 9.84. The van der Waals surface area contributed by atoms with Crippen molar-refractivity contribution in [1.82, 2.24) is 10.2 Å². The normalized spacial score (nSPS) is 10.0. The second-order valence-electron chi connectivity index (χ2n) is 2.56. The van der Waals surface area contributed by atoms with Crippen molar-refractivity contribution >= 4 is 34.1 Å². The van der Waals surface area contributed by atoms with E-state index in [1.54, 1.807) is 0 Å². The van der Waals surface area contributed by atoms with Crippen LogP contribution < -0.4 is 10.6 Å². The van der Waals surface area contributed by atoms with Crippen LogP contribution >= 0.6 is 23.1 Å². The number of thioether (sulfide) groups is 1. The summed E-state index contributed by atoms with van der Waals surface area (Å²) in [5.41, 5.74) is 5.22. The van der Waals surface area contributed by atoms with Crippen LogP contribution in [0.25, 0.3) is 0 Å². The summed E-state index contributed by atoms with van der Waals surface area (Å²) in [6, 6.07) is 0. The molecule has 5 nitrogen and oxygen atoms in total. The highest BCUT2D eigenvalue weighted by Crippen LogP contribution is 2.26. The number of aromatic nitrogens is 2. The molecule has 1 aromatic rings. The van der Waals surface area contributed by atoms with Gasteiger partial charge in [-0.2, -0.15) is 0 Å². The quantitative estimate of drug-likeness (QED) is 0.439. The van der Waals surface area contributed by atoms with E-state index in [2.05, 4.69) is 10.2 Å². The zero-order valence-electron chi connectivity index (χ0n) is 7.44. The maximum absolute atomic E-state index is 7.04. The maximum atomic E-state index is 7.04. The summed E-state index contributed by atoms with van der Waals surface area (Å²) in [7, 11) is 3.83. The van der Waals surface area contributed by atoms with E-state index < -0.39 is 0 Å². The molecular weight excluding hydrogens is 206 g/mol. The van der Waals surface area contributed by atoms with Crippen molar-refractivity contribution in [2.24, 2.45) is 5.73 Å². The van der Waals surface area contributed by atoms with Crippen LogP contribution in [-0.4, -0.2) is 35.9 Å². The molecule has 3 N–H and O–H groups in total. The zero-order valence-corrected chi connectivity index (χ0v) is 9.08. The molecule has 7 heteroatoms. The van der Waals surface area contributed by atoms with Gasteiger partial charge in [0.05, 0.1) is 5.75 Å². The fraction of sp³-hybridized carbons (Fsp3) is 0.500. The van der Waals surface area contributed by atoms with Gasteiger partial charge in [0.2, 0.25) is 5.13 Å². The van der Waals surface area contributed by atoms with E-state index in [0.717, 1.165) is 9.47 Å². The van der Waals surface area contributed by atoms with E-state index in [1.165, 1.54) is 23.1 Å². The highest BCUT2D eigenvalue weighted by atomic mass is 32.2. The number of nitrogens with two attached hydrogens (primary N) is 1. The van der Waals surface area contributed by atoms with Gasteiger partial charge in [-0.1, -0.05) is 23.1 Å². The van der Waals surface area contributed by atoms with Crippen LogP contribution in [0.3, 0.4) is 0 Å². The van der Waals surface area contributed by atoms with E-state index in [1.807, 2.05) is 19.0 Å². The van der Waals surface area contributed by atoms with Crippen molar-refractivity contribution < 1.29 is 0 Å². The molecule has 0 bridgehead atoms. The minimum Gasteiger partial charge on any atom is -0.387 e. The molecule has 0 aliphatic carbocycles.